The summed E-state index contributed by atoms with van der Waals surface area (Å²) in [6.07, 6.45) is 4.66. The van der Waals surface area contributed by atoms with Crippen LogP contribution in [0.3, 0.4) is 0 Å². The number of halogens is 1. The standard InChI is InChI=1S/C8H8BrN.C4H11N.C2H6.CH2O/c9-8-4-3-7(5-10-8)6-1-2-6;1-4(2,3)5;2*1-2/h3-6H,1-2H2;5H2,1-3H3;1-2H3;1H2. The summed E-state index contributed by atoms with van der Waals surface area (Å²) >= 11 is 3.30. The number of nitrogens with zero attached hydrogens (tertiary/aromatic N) is 1. The minimum atomic E-state index is 0. The number of aromatic nitrogens is 1. The van der Waals surface area contributed by atoms with Gasteiger partial charge in [0.15, 0.2) is 0 Å². The molecule has 1 heterocycles. The molecule has 3 nitrogen and oxygen atoms in total. The first-order chi connectivity index (χ1) is 8.86. The summed E-state index contributed by atoms with van der Waals surface area (Å²) in [6, 6.07) is 4.16. The highest BCUT2D eigenvalue weighted by molar-refractivity contribution is 9.10. The second kappa shape index (κ2) is 11.1. The van der Waals surface area contributed by atoms with Gasteiger partial charge in [-0.15, -0.1) is 0 Å². The lowest BCUT2D eigenvalue weighted by Crippen LogP contribution is -2.26. The van der Waals surface area contributed by atoms with Gasteiger partial charge in [0.2, 0.25) is 0 Å². The minimum absolute atomic E-state index is 0. The summed E-state index contributed by atoms with van der Waals surface area (Å²) in [4.78, 5) is 12.2. The monoisotopic (exact) mass is 330 g/mol. The molecular weight excluding hydrogens is 304 g/mol. The smallest absolute Gasteiger partial charge is 0.106 e. The van der Waals surface area contributed by atoms with Gasteiger partial charge in [-0.1, -0.05) is 19.9 Å². The van der Waals surface area contributed by atoms with Gasteiger partial charge < -0.3 is 10.5 Å². The average molecular weight is 331 g/mol. The molecule has 1 saturated carbocycles. The Morgan fingerprint density at radius 3 is 1.95 bits per heavy atom. The van der Waals surface area contributed by atoms with Gasteiger partial charge in [0.25, 0.3) is 0 Å². The zero-order chi connectivity index (χ0) is 15.5. The van der Waals surface area contributed by atoms with Crippen molar-refractivity contribution in [3.63, 3.8) is 0 Å². The van der Waals surface area contributed by atoms with Crippen molar-refractivity contribution in [3.8, 4) is 0 Å². The second-order valence-corrected chi connectivity index (χ2v) is 5.87. The van der Waals surface area contributed by atoms with Gasteiger partial charge in [0, 0.05) is 11.7 Å². The van der Waals surface area contributed by atoms with Gasteiger partial charge in [-0.25, -0.2) is 4.98 Å². The Morgan fingerprint density at radius 2 is 1.68 bits per heavy atom. The molecule has 1 aliphatic rings. The molecule has 2 N–H and O–H groups in total. The molecule has 1 aromatic heterocycles. The summed E-state index contributed by atoms with van der Waals surface area (Å²) in [7, 11) is 0. The lowest BCUT2D eigenvalue weighted by atomic mass is 10.1. The van der Waals surface area contributed by atoms with E-state index in [4.69, 9.17) is 10.5 Å². The molecule has 0 aliphatic heterocycles. The molecule has 1 aliphatic carbocycles. The maximum absolute atomic E-state index is 8.00. The Morgan fingerprint density at radius 1 is 1.26 bits per heavy atom. The van der Waals surface area contributed by atoms with Gasteiger partial charge >= 0.3 is 0 Å². The van der Waals surface area contributed by atoms with Gasteiger partial charge in [0.05, 0.1) is 0 Å². The first-order valence-electron chi connectivity index (χ1n) is 6.55. The molecule has 1 fully saturated rings. The third kappa shape index (κ3) is 15.2. The third-order valence-corrected chi connectivity index (χ3v) is 2.27. The van der Waals surface area contributed by atoms with E-state index in [2.05, 4.69) is 27.0 Å². The van der Waals surface area contributed by atoms with Crippen molar-refractivity contribution in [1.29, 1.82) is 0 Å². The summed E-state index contributed by atoms with van der Waals surface area (Å²) in [5, 5.41) is 0. The number of pyridine rings is 1. The number of rotatable bonds is 1. The largest absolute Gasteiger partial charge is 0.326 e. The SMILES string of the molecule is Brc1ccc(C2CC2)cn1.C=O.CC.CC(C)(C)N. The van der Waals surface area contributed by atoms with E-state index in [-0.39, 0.29) is 5.54 Å². The average Bonchev–Trinajstić information content (AvgIpc) is 3.17. The maximum atomic E-state index is 8.00. The Balaban J connectivity index is 0. The van der Waals surface area contributed by atoms with Crippen LogP contribution in [-0.4, -0.2) is 17.3 Å². The summed E-state index contributed by atoms with van der Waals surface area (Å²) in [5.74, 6) is 0.820. The highest BCUT2D eigenvalue weighted by Gasteiger charge is 2.23. The quantitative estimate of drug-likeness (QED) is 0.780. The van der Waals surface area contributed by atoms with Crippen molar-refractivity contribution in [2.24, 2.45) is 5.73 Å². The normalized spacial score (nSPS) is 12.8. The van der Waals surface area contributed by atoms with Crippen LogP contribution in [0.1, 0.15) is 58.9 Å². The predicted octanol–water partition coefficient (Wildman–Crippen LogP) is 4.31. The number of nitrogens with two attached hydrogens (primary N) is 1. The van der Waals surface area contributed by atoms with Crippen molar-refractivity contribution in [2.45, 2.75) is 58.9 Å². The van der Waals surface area contributed by atoms with E-state index in [1.165, 1.54) is 18.4 Å². The first-order valence-corrected chi connectivity index (χ1v) is 7.35. The van der Waals surface area contributed by atoms with Crippen molar-refractivity contribution in [2.75, 3.05) is 0 Å². The zero-order valence-corrected chi connectivity index (χ0v) is 14.3. The molecule has 0 spiro atoms. The van der Waals surface area contributed by atoms with Crippen LogP contribution in [0.4, 0.5) is 0 Å². The molecular formula is C15H27BrN2O. The van der Waals surface area contributed by atoms with Gasteiger partial charge in [0.1, 0.15) is 11.4 Å². The molecule has 0 radical (unpaired) electrons. The van der Waals surface area contributed by atoms with Gasteiger partial charge in [-0.3, -0.25) is 0 Å². The highest BCUT2D eigenvalue weighted by atomic mass is 79.9. The lowest BCUT2D eigenvalue weighted by Gasteiger charge is -2.06. The molecule has 110 valence electrons. The molecule has 0 unspecified atom stereocenters. The van der Waals surface area contributed by atoms with Crippen LogP contribution in [0.5, 0.6) is 0 Å². The van der Waals surface area contributed by atoms with Crippen LogP contribution in [0.15, 0.2) is 22.9 Å². The highest BCUT2D eigenvalue weighted by Crippen LogP contribution is 2.39. The van der Waals surface area contributed by atoms with Crippen LogP contribution in [0, 0.1) is 0 Å². The predicted molar refractivity (Wildman–Crippen MR) is 86.3 cm³/mol. The molecule has 0 amide bonds. The minimum Gasteiger partial charge on any atom is -0.326 e. The Labute approximate surface area is 126 Å². The molecule has 0 atom stereocenters. The molecule has 0 saturated heterocycles. The van der Waals surface area contributed by atoms with Crippen molar-refractivity contribution in [3.05, 3.63) is 28.5 Å². The van der Waals surface area contributed by atoms with E-state index in [9.17, 15) is 0 Å². The van der Waals surface area contributed by atoms with E-state index in [1.807, 2.05) is 53.7 Å². The van der Waals surface area contributed by atoms with Gasteiger partial charge in [-0.2, -0.15) is 0 Å². The van der Waals surface area contributed by atoms with E-state index < -0.39 is 0 Å². The molecule has 0 bridgehead atoms. The zero-order valence-electron chi connectivity index (χ0n) is 12.7. The van der Waals surface area contributed by atoms with Crippen molar-refractivity contribution < 1.29 is 4.79 Å². The fourth-order valence-electron chi connectivity index (χ4n) is 1.05. The van der Waals surface area contributed by atoms with Crippen LogP contribution in [0.25, 0.3) is 0 Å². The van der Waals surface area contributed by atoms with E-state index in [1.54, 1.807) is 0 Å². The lowest BCUT2D eigenvalue weighted by molar-refractivity contribution is -0.0979. The Bertz CT molecular complexity index is 310. The molecule has 4 heteroatoms. The van der Waals surface area contributed by atoms with Crippen molar-refractivity contribution in [1.82, 2.24) is 4.98 Å². The van der Waals surface area contributed by atoms with E-state index >= 15 is 0 Å². The third-order valence-electron chi connectivity index (χ3n) is 1.80. The summed E-state index contributed by atoms with van der Waals surface area (Å²) in [6.45, 7) is 11.9. The number of hydrogen-bond acceptors (Lipinski definition) is 3. The summed E-state index contributed by atoms with van der Waals surface area (Å²) in [5.41, 5.74) is 6.75. The molecule has 0 aromatic carbocycles. The molecule has 1 aromatic rings. The number of hydrogen-bond donors (Lipinski definition) is 1. The number of carbonyl (C=O) groups excluding carboxylic acids is 1. The second-order valence-electron chi connectivity index (χ2n) is 5.05. The van der Waals surface area contributed by atoms with Crippen LogP contribution in [0.2, 0.25) is 0 Å². The van der Waals surface area contributed by atoms with Gasteiger partial charge in [-0.05, 0) is 67.1 Å². The van der Waals surface area contributed by atoms with Crippen LogP contribution < -0.4 is 5.73 Å². The molecule has 19 heavy (non-hydrogen) atoms. The Kier molecular flexibility index (Phi) is 12.0. The molecule has 2 rings (SSSR count). The van der Waals surface area contributed by atoms with Crippen LogP contribution >= 0.6 is 15.9 Å². The first kappa shape index (κ1) is 20.6. The van der Waals surface area contributed by atoms with Crippen LogP contribution in [-0.2, 0) is 4.79 Å². The van der Waals surface area contributed by atoms with Crippen molar-refractivity contribution >= 4 is 22.7 Å². The maximum Gasteiger partial charge on any atom is 0.106 e. The number of carbonyl (C=O) groups is 1. The van der Waals surface area contributed by atoms with E-state index in [0.717, 1.165) is 10.5 Å². The fraction of sp³-hybridized carbons (Fsp3) is 0.600. The Hall–Kier alpha value is -0.740. The topological polar surface area (TPSA) is 56.0 Å². The fourth-order valence-corrected chi connectivity index (χ4v) is 1.28. The van der Waals surface area contributed by atoms with E-state index in [0.29, 0.717) is 0 Å². The summed E-state index contributed by atoms with van der Waals surface area (Å²) < 4.78 is 0.928.